The third-order valence-electron chi connectivity index (χ3n) is 3.72. The molecule has 1 aromatic heterocycles. The number of anilines is 1. The average molecular weight is 282 g/mol. The van der Waals surface area contributed by atoms with Crippen molar-refractivity contribution in [2.24, 2.45) is 0 Å². The summed E-state index contributed by atoms with van der Waals surface area (Å²) in [6, 6.07) is 0.612. The van der Waals surface area contributed by atoms with Crippen LogP contribution in [0.1, 0.15) is 31.1 Å². The minimum atomic E-state index is 0.612. The van der Waals surface area contributed by atoms with Crippen LogP contribution in [-0.4, -0.2) is 49.7 Å². The van der Waals surface area contributed by atoms with E-state index in [-0.39, 0.29) is 0 Å². The van der Waals surface area contributed by atoms with Gasteiger partial charge in [-0.15, -0.1) is 11.3 Å². The summed E-state index contributed by atoms with van der Waals surface area (Å²) in [5.74, 6) is 0. The molecule has 0 saturated carbocycles. The molecule has 1 aliphatic heterocycles. The highest BCUT2D eigenvalue weighted by Crippen LogP contribution is 2.25. The lowest BCUT2D eigenvalue weighted by molar-refractivity contribution is 0.248. The van der Waals surface area contributed by atoms with E-state index in [1.54, 1.807) is 0 Å². The fraction of sp³-hybridized carbons (Fsp3) is 0.786. The highest BCUT2D eigenvalue weighted by molar-refractivity contribution is 7.15. The lowest BCUT2D eigenvalue weighted by Crippen LogP contribution is -2.45. The van der Waals surface area contributed by atoms with Gasteiger partial charge in [-0.3, -0.25) is 0 Å². The summed E-state index contributed by atoms with van der Waals surface area (Å²) >= 11 is 1.82. The first kappa shape index (κ1) is 14.8. The molecule has 1 aromatic rings. The second-order valence-corrected chi connectivity index (χ2v) is 6.55. The van der Waals surface area contributed by atoms with Crippen molar-refractivity contribution < 1.29 is 0 Å². The standard InChI is InChI=1S/C14H26N4S/c1-4-7-15-9-13-10-16-14(19-13)18(3)12-6-5-8-17(2)11-12/h10,12,15H,4-9,11H2,1-3H3. The normalized spacial score (nSPS) is 20.7. The zero-order chi connectivity index (χ0) is 13.7. The molecule has 0 amide bonds. The Kier molecular flexibility index (Phi) is 5.60. The summed E-state index contributed by atoms with van der Waals surface area (Å²) in [6.07, 6.45) is 5.78. The summed E-state index contributed by atoms with van der Waals surface area (Å²) in [5.41, 5.74) is 0. The predicted molar refractivity (Wildman–Crippen MR) is 83.0 cm³/mol. The van der Waals surface area contributed by atoms with Crippen molar-refractivity contribution >= 4 is 16.5 Å². The first-order valence-corrected chi connectivity index (χ1v) is 8.09. The van der Waals surface area contributed by atoms with Gasteiger partial charge in [0.15, 0.2) is 5.13 Å². The molecule has 1 saturated heterocycles. The monoisotopic (exact) mass is 282 g/mol. The number of hydrogen-bond acceptors (Lipinski definition) is 5. The van der Waals surface area contributed by atoms with Crippen LogP contribution in [0.5, 0.6) is 0 Å². The first-order chi connectivity index (χ1) is 9.20. The molecule has 0 radical (unpaired) electrons. The van der Waals surface area contributed by atoms with Crippen molar-refractivity contribution in [3.8, 4) is 0 Å². The Hall–Kier alpha value is -0.650. The molecule has 1 atom stereocenters. The van der Waals surface area contributed by atoms with E-state index in [9.17, 15) is 0 Å². The van der Waals surface area contributed by atoms with Gasteiger partial charge in [-0.05, 0) is 39.4 Å². The number of hydrogen-bond donors (Lipinski definition) is 1. The Morgan fingerprint density at radius 2 is 2.42 bits per heavy atom. The van der Waals surface area contributed by atoms with E-state index < -0.39 is 0 Å². The van der Waals surface area contributed by atoms with Crippen LogP contribution in [0.25, 0.3) is 0 Å². The van der Waals surface area contributed by atoms with Crippen LogP contribution in [0, 0.1) is 0 Å². The SMILES string of the molecule is CCCNCc1cnc(N(C)C2CCCN(C)C2)s1. The maximum Gasteiger partial charge on any atom is 0.185 e. The molecule has 1 unspecified atom stereocenters. The van der Waals surface area contributed by atoms with Crippen molar-refractivity contribution in [2.75, 3.05) is 38.6 Å². The molecule has 1 fully saturated rings. The average Bonchev–Trinajstić information content (AvgIpc) is 2.87. The van der Waals surface area contributed by atoms with Crippen LogP contribution in [0.4, 0.5) is 5.13 Å². The molecule has 5 heteroatoms. The molecule has 19 heavy (non-hydrogen) atoms. The van der Waals surface area contributed by atoms with Gasteiger partial charge in [-0.25, -0.2) is 4.98 Å². The molecule has 0 aromatic carbocycles. The first-order valence-electron chi connectivity index (χ1n) is 7.27. The maximum atomic E-state index is 4.58. The Morgan fingerprint density at radius 3 is 3.16 bits per heavy atom. The highest BCUT2D eigenvalue weighted by Gasteiger charge is 2.22. The van der Waals surface area contributed by atoms with Crippen molar-refractivity contribution in [1.82, 2.24) is 15.2 Å². The number of likely N-dealkylation sites (N-methyl/N-ethyl adjacent to an activating group) is 2. The van der Waals surface area contributed by atoms with E-state index in [4.69, 9.17) is 0 Å². The minimum Gasteiger partial charge on any atom is -0.347 e. The summed E-state index contributed by atoms with van der Waals surface area (Å²) in [6.45, 7) is 6.60. The topological polar surface area (TPSA) is 31.4 Å². The second-order valence-electron chi connectivity index (χ2n) is 5.46. The van der Waals surface area contributed by atoms with Gasteiger partial charge in [0.1, 0.15) is 0 Å². The second kappa shape index (κ2) is 7.22. The third-order valence-corrected chi connectivity index (χ3v) is 4.80. The lowest BCUT2D eigenvalue weighted by atomic mass is 10.1. The van der Waals surface area contributed by atoms with E-state index in [0.29, 0.717) is 6.04 Å². The predicted octanol–water partition coefficient (Wildman–Crippen LogP) is 2.17. The zero-order valence-corrected chi connectivity index (χ0v) is 13.2. The van der Waals surface area contributed by atoms with Crippen LogP contribution in [-0.2, 0) is 6.54 Å². The third kappa shape index (κ3) is 4.16. The quantitative estimate of drug-likeness (QED) is 0.810. The number of nitrogens with one attached hydrogen (secondary N) is 1. The van der Waals surface area contributed by atoms with E-state index in [1.165, 1.54) is 30.7 Å². The van der Waals surface area contributed by atoms with E-state index in [0.717, 1.165) is 24.8 Å². The van der Waals surface area contributed by atoms with E-state index in [1.807, 2.05) is 17.5 Å². The summed E-state index contributed by atoms with van der Waals surface area (Å²) in [7, 11) is 4.40. The summed E-state index contributed by atoms with van der Waals surface area (Å²) < 4.78 is 0. The lowest BCUT2D eigenvalue weighted by Gasteiger charge is -2.35. The molecular weight excluding hydrogens is 256 g/mol. The van der Waals surface area contributed by atoms with E-state index >= 15 is 0 Å². The Balaban J connectivity index is 1.89. The largest absolute Gasteiger partial charge is 0.347 e. The summed E-state index contributed by atoms with van der Waals surface area (Å²) in [5, 5.41) is 4.59. The van der Waals surface area contributed by atoms with Crippen LogP contribution in [0.3, 0.4) is 0 Å². The molecule has 0 bridgehead atoms. The van der Waals surface area contributed by atoms with Crippen LogP contribution >= 0.6 is 11.3 Å². The number of aromatic nitrogens is 1. The molecular formula is C14H26N4S. The smallest absolute Gasteiger partial charge is 0.185 e. The van der Waals surface area contributed by atoms with Crippen molar-refractivity contribution in [3.05, 3.63) is 11.1 Å². The summed E-state index contributed by atoms with van der Waals surface area (Å²) in [4.78, 5) is 10.7. The maximum absolute atomic E-state index is 4.58. The molecule has 0 aliphatic carbocycles. The van der Waals surface area contributed by atoms with Gasteiger partial charge in [0.05, 0.1) is 0 Å². The number of thiazole rings is 1. The number of piperidine rings is 1. The zero-order valence-electron chi connectivity index (χ0n) is 12.4. The van der Waals surface area contributed by atoms with Gasteiger partial charge in [0.2, 0.25) is 0 Å². The fourth-order valence-corrected chi connectivity index (χ4v) is 3.45. The molecule has 2 rings (SSSR count). The number of likely N-dealkylation sites (tertiary alicyclic amines) is 1. The fourth-order valence-electron chi connectivity index (χ4n) is 2.54. The Bertz CT molecular complexity index is 379. The highest BCUT2D eigenvalue weighted by atomic mass is 32.1. The Morgan fingerprint density at radius 1 is 1.58 bits per heavy atom. The number of nitrogens with zero attached hydrogens (tertiary/aromatic N) is 3. The Labute approximate surface area is 120 Å². The van der Waals surface area contributed by atoms with Crippen molar-refractivity contribution in [1.29, 1.82) is 0 Å². The van der Waals surface area contributed by atoms with Gasteiger partial charge < -0.3 is 15.1 Å². The van der Waals surface area contributed by atoms with Crippen LogP contribution in [0.15, 0.2) is 6.20 Å². The van der Waals surface area contributed by atoms with E-state index in [2.05, 4.69) is 41.1 Å². The molecule has 0 spiro atoms. The molecule has 2 heterocycles. The minimum absolute atomic E-state index is 0.612. The van der Waals surface area contributed by atoms with Gasteiger partial charge >= 0.3 is 0 Å². The molecule has 4 nitrogen and oxygen atoms in total. The van der Waals surface area contributed by atoms with Gasteiger partial charge in [-0.2, -0.15) is 0 Å². The molecule has 108 valence electrons. The van der Waals surface area contributed by atoms with Crippen molar-refractivity contribution in [2.45, 2.75) is 38.8 Å². The van der Waals surface area contributed by atoms with Crippen LogP contribution in [0.2, 0.25) is 0 Å². The van der Waals surface area contributed by atoms with Gasteiger partial charge in [-0.1, -0.05) is 6.92 Å². The van der Waals surface area contributed by atoms with Gasteiger partial charge in [0.25, 0.3) is 0 Å². The van der Waals surface area contributed by atoms with Crippen molar-refractivity contribution in [3.63, 3.8) is 0 Å². The number of rotatable bonds is 6. The van der Waals surface area contributed by atoms with Crippen LogP contribution < -0.4 is 10.2 Å². The molecule has 1 aliphatic rings. The van der Waals surface area contributed by atoms with Gasteiger partial charge in [0, 0.05) is 37.3 Å². The molecule has 1 N–H and O–H groups in total.